The molecular formula is C19H25NO3. The molecule has 1 saturated carbocycles. The van der Waals surface area contributed by atoms with Crippen LogP contribution in [0.1, 0.15) is 45.1 Å². The van der Waals surface area contributed by atoms with E-state index < -0.39 is 0 Å². The molecule has 124 valence electrons. The maximum Gasteiger partial charge on any atom is 0.243 e. The smallest absolute Gasteiger partial charge is 0.243 e. The summed E-state index contributed by atoms with van der Waals surface area (Å²) in [6.07, 6.45) is 6.26. The highest BCUT2D eigenvalue weighted by Crippen LogP contribution is 2.43. The highest BCUT2D eigenvalue weighted by Gasteiger charge is 2.36. The van der Waals surface area contributed by atoms with Crippen molar-refractivity contribution in [3.05, 3.63) is 35.4 Å². The van der Waals surface area contributed by atoms with Crippen LogP contribution >= 0.6 is 0 Å². The van der Waals surface area contributed by atoms with E-state index in [1.54, 1.807) is 6.08 Å². The molecule has 23 heavy (non-hydrogen) atoms. The third-order valence-corrected chi connectivity index (χ3v) is 4.74. The van der Waals surface area contributed by atoms with Crippen molar-refractivity contribution in [2.45, 2.75) is 44.9 Å². The van der Waals surface area contributed by atoms with Gasteiger partial charge < -0.3 is 14.8 Å². The minimum atomic E-state index is -0.00572. The number of amides is 1. The number of nitrogens with one attached hydrogen (secondary N) is 1. The van der Waals surface area contributed by atoms with Crippen LogP contribution in [0.5, 0.6) is 11.5 Å². The second-order valence-corrected chi connectivity index (χ2v) is 6.79. The Morgan fingerprint density at radius 1 is 1.17 bits per heavy atom. The molecule has 0 aromatic heterocycles. The van der Waals surface area contributed by atoms with Gasteiger partial charge in [0, 0.05) is 18.0 Å². The SMILES string of the molecule is CC(C)=CC(=O)NCC1(c2ccc3c(c2)OCCO3)CCCC1. The monoisotopic (exact) mass is 315 g/mol. The normalized spacial score (nSPS) is 18.3. The number of benzene rings is 1. The van der Waals surface area contributed by atoms with Crippen LogP contribution < -0.4 is 14.8 Å². The summed E-state index contributed by atoms with van der Waals surface area (Å²) in [4.78, 5) is 12.0. The molecule has 1 heterocycles. The Hall–Kier alpha value is -1.97. The topological polar surface area (TPSA) is 47.6 Å². The lowest BCUT2D eigenvalue weighted by Gasteiger charge is -2.31. The first-order valence-corrected chi connectivity index (χ1v) is 8.42. The van der Waals surface area contributed by atoms with Crippen molar-refractivity contribution >= 4 is 5.91 Å². The van der Waals surface area contributed by atoms with E-state index >= 15 is 0 Å². The van der Waals surface area contributed by atoms with Gasteiger partial charge >= 0.3 is 0 Å². The second-order valence-electron chi connectivity index (χ2n) is 6.79. The minimum Gasteiger partial charge on any atom is -0.486 e. The molecule has 3 rings (SSSR count). The molecule has 1 N–H and O–H groups in total. The lowest BCUT2D eigenvalue weighted by molar-refractivity contribution is -0.116. The van der Waals surface area contributed by atoms with Gasteiger partial charge in [-0.05, 0) is 44.4 Å². The fourth-order valence-electron chi connectivity index (χ4n) is 3.56. The largest absolute Gasteiger partial charge is 0.486 e. The van der Waals surface area contributed by atoms with Gasteiger partial charge in [0.15, 0.2) is 11.5 Å². The van der Waals surface area contributed by atoms with Gasteiger partial charge in [-0.2, -0.15) is 0 Å². The van der Waals surface area contributed by atoms with Gasteiger partial charge in [0.25, 0.3) is 0 Å². The van der Waals surface area contributed by atoms with E-state index in [0.717, 1.165) is 29.9 Å². The molecular weight excluding hydrogens is 290 g/mol. The fourth-order valence-corrected chi connectivity index (χ4v) is 3.56. The predicted molar refractivity (Wildman–Crippen MR) is 90.0 cm³/mol. The Morgan fingerprint density at radius 3 is 2.57 bits per heavy atom. The van der Waals surface area contributed by atoms with Crippen LogP contribution in [-0.4, -0.2) is 25.7 Å². The Morgan fingerprint density at radius 2 is 1.87 bits per heavy atom. The van der Waals surface area contributed by atoms with Gasteiger partial charge in [0.1, 0.15) is 13.2 Å². The molecule has 0 saturated heterocycles. The van der Waals surface area contributed by atoms with Crippen molar-refractivity contribution in [2.75, 3.05) is 19.8 Å². The minimum absolute atomic E-state index is 0.00572. The quantitative estimate of drug-likeness (QED) is 0.867. The average molecular weight is 315 g/mol. The number of carbonyl (C=O) groups excluding carboxylic acids is 1. The maximum absolute atomic E-state index is 12.0. The maximum atomic E-state index is 12.0. The number of carbonyl (C=O) groups is 1. The molecule has 0 bridgehead atoms. The zero-order valence-electron chi connectivity index (χ0n) is 14.0. The van der Waals surface area contributed by atoms with Gasteiger partial charge in [-0.1, -0.05) is 24.5 Å². The molecule has 4 nitrogen and oxygen atoms in total. The third kappa shape index (κ3) is 3.52. The summed E-state index contributed by atoms with van der Waals surface area (Å²) < 4.78 is 11.3. The number of hydrogen-bond donors (Lipinski definition) is 1. The summed E-state index contributed by atoms with van der Waals surface area (Å²) in [5.41, 5.74) is 2.28. The van der Waals surface area contributed by atoms with Crippen LogP contribution in [0.25, 0.3) is 0 Å². The summed E-state index contributed by atoms with van der Waals surface area (Å²) in [6.45, 7) is 5.75. The third-order valence-electron chi connectivity index (χ3n) is 4.74. The Labute approximate surface area is 137 Å². The number of rotatable bonds is 4. The fraction of sp³-hybridized carbons (Fsp3) is 0.526. The van der Waals surface area contributed by atoms with Crippen LogP contribution in [-0.2, 0) is 10.2 Å². The van der Waals surface area contributed by atoms with E-state index in [9.17, 15) is 4.79 Å². The van der Waals surface area contributed by atoms with Crippen LogP contribution in [0.2, 0.25) is 0 Å². The molecule has 4 heteroatoms. The lowest BCUT2D eigenvalue weighted by Crippen LogP contribution is -2.38. The molecule has 1 aromatic rings. The van der Waals surface area contributed by atoms with Gasteiger partial charge in [0.05, 0.1) is 0 Å². The van der Waals surface area contributed by atoms with Crippen LogP contribution in [0, 0.1) is 0 Å². The van der Waals surface area contributed by atoms with Crippen LogP contribution in [0.15, 0.2) is 29.8 Å². The first kappa shape index (κ1) is 15.9. The summed E-state index contributed by atoms with van der Waals surface area (Å²) in [5, 5.41) is 3.09. The van der Waals surface area contributed by atoms with Crippen molar-refractivity contribution in [1.82, 2.24) is 5.32 Å². The Kier molecular flexibility index (Phi) is 4.60. The predicted octanol–water partition coefficient (Wildman–Crippen LogP) is 3.35. The standard InChI is InChI=1S/C19H25NO3/c1-14(2)11-18(21)20-13-19(7-3-4-8-19)15-5-6-16-17(12-15)23-10-9-22-16/h5-6,11-12H,3-4,7-10,13H2,1-2H3,(H,20,21). The molecule has 0 spiro atoms. The molecule has 1 fully saturated rings. The van der Waals surface area contributed by atoms with Gasteiger partial charge in [-0.25, -0.2) is 0 Å². The number of ether oxygens (including phenoxy) is 2. The van der Waals surface area contributed by atoms with Crippen molar-refractivity contribution in [1.29, 1.82) is 0 Å². The summed E-state index contributed by atoms with van der Waals surface area (Å²) in [6, 6.07) is 6.24. The number of fused-ring (bicyclic) bond motifs is 1. The number of hydrogen-bond acceptors (Lipinski definition) is 3. The van der Waals surface area contributed by atoms with E-state index in [2.05, 4.69) is 17.4 Å². The molecule has 1 amide bonds. The zero-order chi connectivity index (χ0) is 16.3. The molecule has 1 aliphatic carbocycles. The lowest BCUT2D eigenvalue weighted by atomic mass is 9.78. The van der Waals surface area contributed by atoms with Gasteiger partial charge in [-0.15, -0.1) is 0 Å². The molecule has 0 radical (unpaired) electrons. The highest BCUT2D eigenvalue weighted by atomic mass is 16.6. The van der Waals surface area contributed by atoms with Crippen molar-refractivity contribution in [2.24, 2.45) is 0 Å². The first-order valence-electron chi connectivity index (χ1n) is 8.42. The molecule has 0 atom stereocenters. The van der Waals surface area contributed by atoms with E-state index in [0.29, 0.717) is 19.8 Å². The van der Waals surface area contributed by atoms with Crippen molar-refractivity contribution < 1.29 is 14.3 Å². The van der Waals surface area contributed by atoms with Crippen molar-refractivity contribution in [3.63, 3.8) is 0 Å². The van der Waals surface area contributed by atoms with Gasteiger partial charge in [0.2, 0.25) is 5.91 Å². The molecule has 0 unspecified atom stereocenters. The Bertz CT molecular complexity index is 611. The van der Waals surface area contributed by atoms with E-state index in [1.807, 2.05) is 19.9 Å². The second kappa shape index (κ2) is 6.65. The summed E-state index contributed by atoms with van der Waals surface area (Å²) in [5.74, 6) is 1.64. The Balaban J connectivity index is 1.80. The van der Waals surface area contributed by atoms with Crippen LogP contribution in [0.4, 0.5) is 0 Å². The first-order chi connectivity index (χ1) is 11.1. The summed E-state index contributed by atoms with van der Waals surface area (Å²) >= 11 is 0. The number of allylic oxidation sites excluding steroid dienone is 1. The van der Waals surface area contributed by atoms with E-state index in [-0.39, 0.29) is 11.3 Å². The summed E-state index contributed by atoms with van der Waals surface area (Å²) in [7, 11) is 0. The van der Waals surface area contributed by atoms with Crippen molar-refractivity contribution in [3.8, 4) is 11.5 Å². The van der Waals surface area contributed by atoms with E-state index in [1.165, 1.54) is 18.4 Å². The van der Waals surface area contributed by atoms with E-state index in [4.69, 9.17) is 9.47 Å². The highest BCUT2D eigenvalue weighted by molar-refractivity contribution is 5.88. The molecule has 1 aliphatic heterocycles. The van der Waals surface area contributed by atoms with Crippen LogP contribution in [0.3, 0.4) is 0 Å². The zero-order valence-corrected chi connectivity index (χ0v) is 14.0. The average Bonchev–Trinajstić information content (AvgIpc) is 3.02. The van der Waals surface area contributed by atoms with Gasteiger partial charge in [-0.3, -0.25) is 4.79 Å². The molecule has 1 aromatic carbocycles. The molecule has 2 aliphatic rings.